The van der Waals surface area contributed by atoms with Gasteiger partial charge >= 0.3 is 0 Å². The van der Waals surface area contributed by atoms with Crippen LogP contribution >= 0.6 is 11.6 Å². The maximum absolute atomic E-state index is 5.38. The van der Waals surface area contributed by atoms with Crippen LogP contribution in [0.5, 0.6) is 0 Å². The zero-order valence-corrected chi connectivity index (χ0v) is 9.43. The van der Waals surface area contributed by atoms with Crippen LogP contribution in [0.25, 0.3) is 0 Å². The van der Waals surface area contributed by atoms with Crippen LogP contribution in [0.3, 0.4) is 0 Å². The number of halogens is 1. The molecule has 0 amide bonds. The van der Waals surface area contributed by atoms with E-state index in [2.05, 4.69) is 6.92 Å². The Hall–Kier alpha value is -0.890. The average Bonchev–Trinajstić information content (AvgIpc) is 2.20. The van der Waals surface area contributed by atoms with E-state index in [9.17, 15) is 0 Å². The van der Waals surface area contributed by atoms with Crippen molar-refractivity contribution in [3.63, 3.8) is 0 Å². The smallest absolute Gasteiger partial charge is 0.0315 e. The van der Waals surface area contributed by atoms with Crippen molar-refractivity contribution in [2.75, 3.05) is 17.3 Å². The fraction of sp³-hybridized carbons (Fsp3) is 0.455. The first-order chi connectivity index (χ1) is 6.70. The van der Waals surface area contributed by atoms with E-state index in [-0.39, 0.29) is 0 Å². The van der Waals surface area contributed by atoms with Gasteiger partial charge in [0.15, 0.2) is 0 Å². The van der Waals surface area contributed by atoms with Crippen molar-refractivity contribution in [3.05, 3.63) is 24.3 Å². The molecule has 0 aliphatic rings. The largest absolute Gasteiger partial charge is 0.399 e. The molecule has 0 aliphatic heterocycles. The van der Waals surface area contributed by atoms with Crippen molar-refractivity contribution in [1.82, 2.24) is 0 Å². The predicted molar refractivity (Wildman–Crippen MR) is 65.5 cm³/mol. The number of hydrogen-bond donors (Lipinski definition) is 2. The minimum atomic E-state index is 0.749. The first kappa shape index (κ1) is 13.1. The summed E-state index contributed by atoms with van der Waals surface area (Å²) < 4.78 is 0. The van der Waals surface area contributed by atoms with Crippen molar-refractivity contribution in [3.8, 4) is 0 Å². The average molecular weight is 215 g/mol. The standard InChI is InChI=1S/C6H8N2.C5H11Cl/c7-5-1-2-6(8)4-3-5;1-2-3-4-5-6/h1-4H,7-8H2;2-5H2,1H3. The molecule has 1 aromatic carbocycles. The monoisotopic (exact) mass is 214 g/mol. The highest BCUT2D eigenvalue weighted by molar-refractivity contribution is 6.17. The van der Waals surface area contributed by atoms with Gasteiger partial charge in [0.1, 0.15) is 0 Å². The molecule has 1 aromatic rings. The molecule has 4 N–H and O–H groups in total. The van der Waals surface area contributed by atoms with Crippen LogP contribution < -0.4 is 11.5 Å². The molecule has 0 saturated carbocycles. The lowest BCUT2D eigenvalue weighted by atomic mass is 10.3. The Bertz CT molecular complexity index is 196. The molecule has 0 aliphatic carbocycles. The molecule has 1 rings (SSSR count). The molecular formula is C11H19ClN2. The van der Waals surface area contributed by atoms with Crippen molar-refractivity contribution >= 4 is 23.0 Å². The third kappa shape index (κ3) is 7.74. The summed E-state index contributed by atoms with van der Waals surface area (Å²) in [5.41, 5.74) is 12.2. The summed E-state index contributed by atoms with van der Waals surface area (Å²) in [5.74, 6) is 0.827. The summed E-state index contributed by atoms with van der Waals surface area (Å²) in [6.07, 6.45) is 3.73. The van der Waals surface area contributed by atoms with Gasteiger partial charge < -0.3 is 11.5 Å². The molecule has 14 heavy (non-hydrogen) atoms. The second-order valence-corrected chi connectivity index (χ2v) is 3.44. The van der Waals surface area contributed by atoms with Gasteiger partial charge in [-0.25, -0.2) is 0 Å². The molecule has 0 atom stereocenters. The Morgan fingerprint density at radius 1 is 1.00 bits per heavy atom. The lowest BCUT2D eigenvalue weighted by molar-refractivity contribution is 0.776. The first-order valence-corrected chi connectivity index (χ1v) is 5.41. The fourth-order valence-electron chi connectivity index (χ4n) is 0.841. The SMILES string of the molecule is CCCCCCl.Nc1ccc(N)cc1. The fourth-order valence-corrected chi connectivity index (χ4v) is 1.03. The molecule has 3 heteroatoms. The van der Waals surface area contributed by atoms with Gasteiger partial charge in [-0.05, 0) is 30.7 Å². The lowest BCUT2D eigenvalue weighted by Crippen LogP contribution is -1.86. The van der Waals surface area contributed by atoms with Crippen molar-refractivity contribution in [2.24, 2.45) is 0 Å². The van der Waals surface area contributed by atoms with Gasteiger partial charge in [0, 0.05) is 17.3 Å². The molecule has 0 bridgehead atoms. The van der Waals surface area contributed by atoms with E-state index in [1.165, 1.54) is 19.3 Å². The number of nitrogens with two attached hydrogens (primary N) is 2. The molecule has 0 unspecified atom stereocenters. The summed E-state index contributed by atoms with van der Waals surface area (Å²) in [6.45, 7) is 2.17. The van der Waals surface area contributed by atoms with E-state index >= 15 is 0 Å². The number of hydrogen-bond acceptors (Lipinski definition) is 2. The zero-order chi connectivity index (χ0) is 10.8. The Morgan fingerprint density at radius 2 is 1.43 bits per heavy atom. The molecule has 0 spiro atoms. The van der Waals surface area contributed by atoms with E-state index in [1.54, 1.807) is 24.3 Å². The van der Waals surface area contributed by atoms with Crippen LogP contribution in [0.15, 0.2) is 24.3 Å². The highest BCUT2D eigenvalue weighted by Gasteiger charge is 1.80. The predicted octanol–water partition coefficient (Wildman–Crippen LogP) is 3.27. The van der Waals surface area contributed by atoms with Crippen molar-refractivity contribution in [1.29, 1.82) is 0 Å². The van der Waals surface area contributed by atoms with Crippen LogP contribution in [0.2, 0.25) is 0 Å². The quantitative estimate of drug-likeness (QED) is 0.461. The normalized spacial score (nSPS) is 9.00. The number of anilines is 2. The second-order valence-electron chi connectivity index (χ2n) is 3.06. The number of alkyl halides is 1. The summed E-state index contributed by atoms with van der Waals surface area (Å²) in [4.78, 5) is 0. The maximum atomic E-state index is 5.38. The van der Waals surface area contributed by atoms with E-state index in [4.69, 9.17) is 23.1 Å². The van der Waals surface area contributed by atoms with E-state index in [0.29, 0.717) is 0 Å². The molecule has 0 radical (unpaired) electrons. The topological polar surface area (TPSA) is 52.0 Å². The van der Waals surface area contributed by atoms with E-state index in [0.717, 1.165) is 17.3 Å². The van der Waals surface area contributed by atoms with Crippen molar-refractivity contribution < 1.29 is 0 Å². The summed E-state index contributed by atoms with van der Waals surface area (Å²) in [5, 5.41) is 0. The highest BCUT2D eigenvalue weighted by atomic mass is 35.5. The van der Waals surface area contributed by atoms with Crippen molar-refractivity contribution in [2.45, 2.75) is 26.2 Å². The molecule has 80 valence electrons. The summed E-state index contributed by atoms with van der Waals surface area (Å²) in [7, 11) is 0. The number of unbranched alkanes of at least 4 members (excludes halogenated alkanes) is 2. The Kier molecular flexibility index (Phi) is 8.14. The minimum absolute atomic E-state index is 0.749. The summed E-state index contributed by atoms with van der Waals surface area (Å²) >= 11 is 5.38. The van der Waals surface area contributed by atoms with Crippen LogP contribution in [0.4, 0.5) is 11.4 Å². The molecule has 0 fully saturated rings. The van der Waals surface area contributed by atoms with Gasteiger partial charge in [0.05, 0.1) is 0 Å². The van der Waals surface area contributed by atoms with E-state index in [1.807, 2.05) is 0 Å². The zero-order valence-electron chi connectivity index (χ0n) is 8.67. The Balaban J connectivity index is 0.000000255. The molecular weight excluding hydrogens is 196 g/mol. The number of benzene rings is 1. The van der Waals surface area contributed by atoms with Gasteiger partial charge in [-0.15, -0.1) is 11.6 Å². The van der Waals surface area contributed by atoms with Crippen LogP contribution in [0.1, 0.15) is 26.2 Å². The van der Waals surface area contributed by atoms with Gasteiger partial charge in [-0.3, -0.25) is 0 Å². The minimum Gasteiger partial charge on any atom is -0.399 e. The van der Waals surface area contributed by atoms with Gasteiger partial charge in [0.2, 0.25) is 0 Å². The Morgan fingerprint density at radius 3 is 1.64 bits per heavy atom. The number of rotatable bonds is 3. The summed E-state index contributed by atoms with van der Waals surface area (Å²) in [6, 6.07) is 7.09. The number of nitrogen functional groups attached to an aromatic ring is 2. The molecule has 0 aromatic heterocycles. The van der Waals surface area contributed by atoms with Crippen LogP contribution in [-0.4, -0.2) is 5.88 Å². The van der Waals surface area contributed by atoms with Gasteiger partial charge in [-0.1, -0.05) is 19.8 Å². The third-order valence-corrected chi connectivity index (χ3v) is 1.94. The second kappa shape index (κ2) is 8.70. The highest BCUT2D eigenvalue weighted by Crippen LogP contribution is 2.04. The maximum Gasteiger partial charge on any atom is 0.0315 e. The third-order valence-electron chi connectivity index (χ3n) is 1.67. The van der Waals surface area contributed by atoms with Gasteiger partial charge in [-0.2, -0.15) is 0 Å². The molecule has 0 saturated heterocycles. The van der Waals surface area contributed by atoms with Crippen LogP contribution in [-0.2, 0) is 0 Å². The molecule has 0 heterocycles. The molecule has 2 nitrogen and oxygen atoms in total. The lowest BCUT2D eigenvalue weighted by Gasteiger charge is -1.90. The first-order valence-electron chi connectivity index (χ1n) is 4.87. The van der Waals surface area contributed by atoms with E-state index < -0.39 is 0 Å². The van der Waals surface area contributed by atoms with Crippen LogP contribution in [0, 0.1) is 0 Å². The Labute approximate surface area is 91.2 Å². The van der Waals surface area contributed by atoms with Gasteiger partial charge in [0.25, 0.3) is 0 Å².